The molecular formula is C14H29N. The third-order valence-electron chi connectivity index (χ3n) is 4.83. The summed E-state index contributed by atoms with van der Waals surface area (Å²) in [6, 6.07) is 0. The summed E-state index contributed by atoms with van der Waals surface area (Å²) in [7, 11) is 0. The van der Waals surface area contributed by atoms with Crippen molar-refractivity contribution in [3.8, 4) is 0 Å². The predicted octanol–water partition coefficient (Wildman–Crippen LogP) is 4.11. The van der Waals surface area contributed by atoms with Gasteiger partial charge in [0.25, 0.3) is 0 Å². The van der Waals surface area contributed by atoms with Crippen LogP contribution >= 0.6 is 0 Å². The zero-order valence-corrected chi connectivity index (χ0v) is 11.1. The molecular weight excluding hydrogens is 182 g/mol. The fourth-order valence-electron chi connectivity index (χ4n) is 3.07. The van der Waals surface area contributed by atoms with Crippen molar-refractivity contribution in [3.05, 3.63) is 0 Å². The predicted molar refractivity (Wildman–Crippen MR) is 67.9 cm³/mol. The summed E-state index contributed by atoms with van der Waals surface area (Å²) in [5.74, 6) is 0.826. The number of nitrogens with two attached hydrogens (primary N) is 1. The van der Waals surface area contributed by atoms with Gasteiger partial charge in [-0.05, 0) is 30.6 Å². The fraction of sp³-hybridized carbons (Fsp3) is 1.00. The van der Waals surface area contributed by atoms with Gasteiger partial charge in [-0.1, -0.05) is 53.4 Å². The van der Waals surface area contributed by atoms with Gasteiger partial charge in [-0.3, -0.25) is 0 Å². The topological polar surface area (TPSA) is 26.0 Å². The van der Waals surface area contributed by atoms with E-state index in [0.717, 1.165) is 5.92 Å². The van der Waals surface area contributed by atoms with Crippen molar-refractivity contribution in [2.24, 2.45) is 17.1 Å². The summed E-state index contributed by atoms with van der Waals surface area (Å²) in [6.45, 7) is 9.34. The van der Waals surface area contributed by atoms with Gasteiger partial charge in [0, 0.05) is 5.54 Å². The molecule has 0 radical (unpaired) electrons. The lowest BCUT2D eigenvalue weighted by Gasteiger charge is -2.49. The van der Waals surface area contributed by atoms with Gasteiger partial charge < -0.3 is 5.73 Å². The number of hydrogen-bond donors (Lipinski definition) is 1. The van der Waals surface area contributed by atoms with E-state index >= 15 is 0 Å². The van der Waals surface area contributed by atoms with Gasteiger partial charge in [0.1, 0.15) is 0 Å². The Hall–Kier alpha value is -0.0400. The van der Waals surface area contributed by atoms with E-state index in [1.165, 1.54) is 44.9 Å². The quantitative estimate of drug-likeness (QED) is 0.744. The zero-order valence-electron chi connectivity index (χ0n) is 11.1. The van der Waals surface area contributed by atoms with E-state index in [4.69, 9.17) is 5.73 Å². The second-order valence-electron chi connectivity index (χ2n) is 6.13. The first-order valence-corrected chi connectivity index (χ1v) is 6.74. The lowest BCUT2D eigenvalue weighted by molar-refractivity contribution is 0.0727. The van der Waals surface area contributed by atoms with E-state index in [1.807, 2.05) is 0 Å². The minimum absolute atomic E-state index is 0.0991. The first kappa shape index (κ1) is 13.0. The summed E-state index contributed by atoms with van der Waals surface area (Å²) < 4.78 is 0. The van der Waals surface area contributed by atoms with Crippen LogP contribution in [0.3, 0.4) is 0 Å². The smallest absolute Gasteiger partial charge is 0.0208 e. The molecule has 0 aromatic heterocycles. The van der Waals surface area contributed by atoms with Crippen LogP contribution in [0.1, 0.15) is 72.6 Å². The van der Waals surface area contributed by atoms with Crippen molar-refractivity contribution in [2.45, 2.75) is 78.2 Å². The molecule has 0 saturated heterocycles. The second-order valence-corrected chi connectivity index (χ2v) is 6.13. The van der Waals surface area contributed by atoms with Crippen molar-refractivity contribution in [3.63, 3.8) is 0 Å². The summed E-state index contributed by atoms with van der Waals surface area (Å²) in [6.07, 6.45) is 9.04. The molecule has 0 spiro atoms. The van der Waals surface area contributed by atoms with Gasteiger partial charge in [-0.2, -0.15) is 0 Å². The monoisotopic (exact) mass is 211 g/mol. The molecule has 1 rings (SSSR count). The Morgan fingerprint density at radius 2 is 1.60 bits per heavy atom. The third kappa shape index (κ3) is 2.75. The Morgan fingerprint density at radius 1 is 1.07 bits per heavy atom. The zero-order chi connectivity index (χ0) is 11.5. The van der Waals surface area contributed by atoms with Crippen molar-refractivity contribution in [1.29, 1.82) is 0 Å². The van der Waals surface area contributed by atoms with Crippen LogP contribution in [0, 0.1) is 11.3 Å². The SMILES string of the molecule is CCC(CC)CC1(N)CCCCC1(C)C. The molecule has 0 bridgehead atoms. The van der Waals surface area contributed by atoms with Gasteiger partial charge in [-0.25, -0.2) is 0 Å². The largest absolute Gasteiger partial charge is 0.325 e. The molecule has 0 amide bonds. The highest BCUT2D eigenvalue weighted by Gasteiger charge is 2.43. The van der Waals surface area contributed by atoms with E-state index in [0.29, 0.717) is 5.41 Å². The summed E-state index contributed by atoms with van der Waals surface area (Å²) in [5, 5.41) is 0. The number of rotatable bonds is 4. The molecule has 1 aliphatic rings. The molecule has 0 heterocycles. The Bertz CT molecular complexity index is 194. The molecule has 1 heteroatoms. The molecule has 2 N–H and O–H groups in total. The minimum atomic E-state index is 0.0991. The van der Waals surface area contributed by atoms with Crippen LogP contribution in [0.5, 0.6) is 0 Å². The second kappa shape index (κ2) is 4.86. The van der Waals surface area contributed by atoms with E-state index in [9.17, 15) is 0 Å². The molecule has 15 heavy (non-hydrogen) atoms. The molecule has 1 unspecified atom stereocenters. The molecule has 0 aromatic rings. The molecule has 90 valence electrons. The Kier molecular flexibility index (Phi) is 4.22. The van der Waals surface area contributed by atoms with E-state index in [1.54, 1.807) is 0 Å². The number of hydrogen-bond acceptors (Lipinski definition) is 1. The lowest BCUT2D eigenvalue weighted by atomic mass is 9.60. The van der Waals surface area contributed by atoms with Gasteiger partial charge in [0.05, 0.1) is 0 Å². The van der Waals surface area contributed by atoms with Gasteiger partial charge in [-0.15, -0.1) is 0 Å². The van der Waals surface area contributed by atoms with Gasteiger partial charge in [0.15, 0.2) is 0 Å². The van der Waals surface area contributed by atoms with Crippen LogP contribution < -0.4 is 5.73 Å². The third-order valence-corrected chi connectivity index (χ3v) is 4.83. The van der Waals surface area contributed by atoms with Crippen molar-refractivity contribution in [2.75, 3.05) is 0 Å². The molecule has 0 aromatic carbocycles. The fourth-order valence-corrected chi connectivity index (χ4v) is 3.07. The maximum Gasteiger partial charge on any atom is 0.0208 e. The Labute approximate surface area is 95.8 Å². The maximum absolute atomic E-state index is 6.69. The Balaban J connectivity index is 2.70. The molecule has 1 atom stereocenters. The lowest BCUT2D eigenvalue weighted by Crippen LogP contribution is -2.55. The summed E-state index contributed by atoms with van der Waals surface area (Å²) in [4.78, 5) is 0. The highest BCUT2D eigenvalue weighted by Crippen LogP contribution is 2.46. The van der Waals surface area contributed by atoms with E-state index in [2.05, 4.69) is 27.7 Å². The van der Waals surface area contributed by atoms with Crippen LogP contribution in [0.2, 0.25) is 0 Å². The van der Waals surface area contributed by atoms with Crippen LogP contribution in [0.25, 0.3) is 0 Å². The van der Waals surface area contributed by atoms with Gasteiger partial charge in [0.2, 0.25) is 0 Å². The summed E-state index contributed by atoms with van der Waals surface area (Å²) in [5.41, 5.74) is 7.13. The van der Waals surface area contributed by atoms with Crippen molar-refractivity contribution in [1.82, 2.24) is 0 Å². The molecule has 1 nitrogen and oxygen atoms in total. The summed E-state index contributed by atoms with van der Waals surface area (Å²) >= 11 is 0. The molecule has 1 aliphatic carbocycles. The molecule has 1 fully saturated rings. The van der Waals surface area contributed by atoms with E-state index in [-0.39, 0.29) is 5.54 Å². The molecule has 0 aliphatic heterocycles. The van der Waals surface area contributed by atoms with Crippen LogP contribution in [0.15, 0.2) is 0 Å². The normalized spacial score (nSPS) is 30.8. The van der Waals surface area contributed by atoms with Crippen LogP contribution in [-0.4, -0.2) is 5.54 Å². The maximum atomic E-state index is 6.69. The first-order valence-electron chi connectivity index (χ1n) is 6.74. The van der Waals surface area contributed by atoms with Crippen LogP contribution in [0.4, 0.5) is 0 Å². The Morgan fingerprint density at radius 3 is 2.07 bits per heavy atom. The standard InChI is InChI=1S/C14H29N/c1-5-12(6-2)11-14(15)10-8-7-9-13(14,3)4/h12H,5-11,15H2,1-4H3. The van der Waals surface area contributed by atoms with E-state index < -0.39 is 0 Å². The van der Waals surface area contributed by atoms with Gasteiger partial charge >= 0.3 is 0 Å². The van der Waals surface area contributed by atoms with Crippen molar-refractivity contribution >= 4 is 0 Å². The highest BCUT2D eigenvalue weighted by atomic mass is 14.8. The first-order chi connectivity index (χ1) is 6.95. The minimum Gasteiger partial charge on any atom is -0.325 e. The molecule has 1 saturated carbocycles. The van der Waals surface area contributed by atoms with Crippen LogP contribution in [-0.2, 0) is 0 Å². The van der Waals surface area contributed by atoms with Crippen molar-refractivity contribution < 1.29 is 0 Å². The highest BCUT2D eigenvalue weighted by molar-refractivity contribution is 5.01. The average molecular weight is 211 g/mol. The average Bonchev–Trinajstić information content (AvgIpc) is 2.19.